The first-order chi connectivity index (χ1) is 10.6. The van der Waals surface area contributed by atoms with Crippen LogP contribution in [0.15, 0.2) is 18.2 Å². The molecule has 0 fully saturated rings. The summed E-state index contributed by atoms with van der Waals surface area (Å²) < 4.78 is 15.9. The predicted octanol–water partition coefficient (Wildman–Crippen LogP) is 2.48. The Morgan fingerprint density at radius 1 is 1.39 bits per heavy atom. The number of nitrogens with two attached hydrogens (primary N) is 1. The van der Waals surface area contributed by atoms with Crippen molar-refractivity contribution in [3.05, 3.63) is 23.2 Å². The Morgan fingerprint density at radius 3 is 2.74 bits per heavy atom. The second-order valence-corrected chi connectivity index (χ2v) is 4.97. The van der Waals surface area contributed by atoms with Crippen LogP contribution in [0.4, 0.5) is 5.69 Å². The zero-order valence-corrected chi connectivity index (χ0v) is 14.9. The van der Waals surface area contributed by atoms with Crippen LogP contribution in [0, 0.1) is 0 Å². The van der Waals surface area contributed by atoms with Crippen LogP contribution in [0.25, 0.3) is 0 Å². The van der Waals surface area contributed by atoms with Crippen molar-refractivity contribution in [2.24, 2.45) is 5.73 Å². The average Bonchev–Trinajstić information content (AvgIpc) is 2.51. The third kappa shape index (κ3) is 8.39. The molecule has 0 aliphatic rings. The molecule has 132 valence electrons. The highest BCUT2D eigenvalue weighted by Crippen LogP contribution is 2.28. The number of anilines is 1. The van der Waals surface area contributed by atoms with Gasteiger partial charge in [0.15, 0.2) is 0 Å². The van der Waals surface area contributed by atoms with Gasteiger partial charge in [0.1, 0.15) is 12.4 Å². The summed E-state index contributed by atoms with van der Waals surface area (Å²) >= 11 is 5.97. The number of nitrogens with one attached hydrogen (secondary N) is 1. The molecular weight excluding hydrogens is 343 g/mol. The Labute approximate surface area is 148 Å². The first kappa shape index (κ1) is 21.9. The van der Waals surface area contributed by atoms with E-state index in [2.05, 4.69) is 5.32 Å². The molecule has 0 aromatic heterocycles. The average molecular weight is 367 g/mol. The molecule has 1 aromatic rings. The van der Waals surface area contributed by atoms with Crippen molar-refractivity contribution < 1.29 is 19.0 Å². The molecule has 0 aliphatic heterocycles. The topological polar surface area (TPSA) is 82.8 Å². The Kier molecular flexibility index (Phi) is 11.8. The number of halogens is 2. The number of hydrogen-bond donors (Lipinski definition) is 2. The molecule has 8 heteroatoms. The molecule has 1 atom stereocenters. The van der Waals surface area contributed by atoms with Crippen molar-refractivity contribution in [2.75, 3.05) is 38.8 Å². The van der Waals surface area contributed by atoms with E-state index in [1.54, 1.807) is 18.2 Å². The summed E-state index contributed by atoms with van der Waals surface area (Å²) in [6, 6.07) is 5.05. The summed E-state index contributed by atoms with van der Waals surface area (Å²) in [7, 11) is 1.52. The van der Waals surface area contributed by atoms with Gasteiger partial charge in [-0.3, -0.25) is 4.79 Å². The van der Waals surface area contributed by atoms with Crippen molar-refractivity contribution in [3.8, 4) is 5.75 Å². The summed E-state index contributed by atoms with van der Waals surface area (Å²) in [5.74, 6) is 0.327. The van der Waals surface area contributed by atoms with Crippen LogP contribution in [0.3, 0.4) is 0 Å². The van der Waals surface area contributed by atoms with Gasteiger partial charge in [-0.2, -0.15) is 0 Å². The molecule has 0 spiro atoms. The van der Waals surface area contributed by atoms with Crippen LogP contribution < -0.4 is 15.8 Å². The number of methoxy groups -OCH3 is 1. The van der Waals surface area contributed by atoms with Crippen LogP contribution in [-0.4, -0.2) is 45.5 Å². The minimum Gasteiger partial charge on any atom is -0.489 e. The van der Waals surface area contributed by atoms with E-state index in [1.165, 1.54) is 7.11 Å². The van der Waals surface area contributed by atoms with Gasteiger partial charge in [-0.15, -0.1) is 12.4 Å². The Bertz CT molecular complexity index is 471. The molecule has 0 aliphatic carbocycles. The van der Waals surface area contributed by atoms with Gasteiger partial charge in [-0.25, -0.2) is 0 Å². The van der Waals surface area contributed by atoms with E-state index in [9.17, 15) is 4.79 Å². The molecule has 6 nitrogen and oxygen atoms in total. The summed E-state index contributed by atoms with van der Waals surface area (Å²) in [4.78, 5) is 12.0. The van der Waals surface area contributed by atoms with Crippen LogP contribution in [0.1, 0.15) is 13.3 Å². The van der Waals surface area contributed by atoms with E-state index in [4.69, 9.17) is 31.5 Å². The largest absolute Gasteiger partial charge is 0.489 e. The molecule has 1 aromatic carbocycles. The molecule has 0 saturated carbocycles. The zero-order valence-electron chi connectivity index (χ0n) is 13.3. The van der Waals surface area contributed by atoms with Crippen molar-refractivity contribution >= 4 is 35.6 Å². The molecule has 0 saturated heterocycles. The highest BCUT2D eigenvalue weighted by molar-refractivity contribution is 6.31. The van der Waals surface area contributed by atoms with Gasteiger partial charge < -0.3 is 25.3 Å². The standard InChI is InChI=1S/C15H23ClN2O4.ClH/c1-3-21-6-7-22-14-5-4-11(16)8-13(14)18-15(19)9-12(10-17)20-2;/h4-5,8,12H,3,6-7,9-10,17H2,1-2H3,(H,18,19);1H. The fourth-order valence-corrected chi connectivity index (χ4v) is 1.92. The van der Waals surface area contributed by atoms with Crippen molar-refractivity contribution in [3.63, 3.8) is 0 Å². The molecule has 0 radical (unpaired) electrons. The van der Waals surface area contributed by atoms with E-state index in [0.29, 0.717) is 36.3 Å². The minimum atomic E-state index is -0.318. The van der Waals surface area contributed by atoms with E-state index >= 15 is 0 Å². The Hall–Kier alpha value is -1.05. The van der Waals surface area contributed by atoms with Crippen LogP contribution in [-0.2, 0) is 14.3 Å². The second-order valence-electron chi connectivity index (χ2n) is 4.53. The predicted molar refractivity (Wildman–Crippen MR) is 93.8 cm³/mol. The van der Waals surface area contributed by atoms with E-state index in [0.717, 1.165) is 0 Å². The highest BCUT2D eigenvalue weighted by atomic mass is 35.5. The maximum atomic E-state index is 12.0. The van der Waals surface area contributed by atoms with Gasteiger partial charge in [0.2, 0.25) is 5.91 Å². The van der Waals surface area contributed by atoms with E-state index < -0.39 is 0 Å². The lowest BCUT2D eigenvalue weighted by molar-refractivity contribution is -0.118. The SMILES string of the molecule is CCOCCOc1ccc(Cl)cc1NC(=O)CC(CN)OC.Cl. The molecule has 3 N–H and O–H groups in total. The first-order valence-electron chi connectivity index (χ1n) is 7.13. The first-order valence-corrected chi connectivity index (χ1v) is 7.51. The van der Waals surface area contributed by atoms with Crippen molar-refractivity contribution in [2.45, 2.75) is 19.4 Å². The summed E-state index contributed by atoms with van der Waals surface area (Å²) in [5.41, 5.74) is 6.02. The van der Waals surface area contributed by atoms with Crippen LogP contribution >= 0.6 is 24.0 Å². The molecule has 1 amide bonds. The number of amides is 1. The monoisotopic (exact) mass is 366 g/mol. The van der Waals surface area contributed by atoms with Crippen LogP contribution in [0.5, 0.6) is 5.75 Å². The Balaban J connectivity index is 0.00000484. The van der Waals surface area contributed by atoms with Gasteiger partial charge in [0.25, 0.3) is 0 Å². The van der Waals surface area contributed by atoms with Crippen LogP contribution in [0.2, 0.25) is 5.02 Å². The maximum Gasteiger partial charge on any atom is 0.227 e. The lowest BCUT2D eigenvalue weighted by Crippen LogP contribution is -2.28. The number of ether oxygens (including phenoxy) is 3. The number of carbonyl (C=O) groups is 1. The molecule has 0 heterocycles. The highest BCUT2D eigenvalue weighted by Gasteiger charge is 2.14. The fourth-order valence-electron chi connectivity index (χ4n) is 1.75. The number of hydrogen-bond acceptors (Lipinski definition) is 5. The van der Waals surface area contributed by atoms with Gasteiger partial charge in [-0.05, 0) is 25.1 Å². The smallest absolute Gasteiger partial charge is 0.227 e. The molecule has 1 rings (SSSR count). The Morgan fingerprint density at radius 2 is 2.13 bits per heavy atom. The minimum absolute atomic E-state index is 0. The number of carbonyl (C=O) groups excluding carboxylic acids is 1. The normalized spacial score (nSPS) is 11.5. The van der Waals surface area contributed by atoms with Gasteiger partial charge >= 0.3 is 0 Å². The lowest BCUT2D eigenvalue weighted by Gasteiger charge is -2.15. The third-order valence-corrected chi connectivity index (χ3v) is 3.15. The van der Waals surface area contributed by atoms with Gasteiger partial charge in [0, 0.05) is 25.3 Å². The van der Waals surface area contributed by atoms with E-state index in [-0.39, 0.29) is 37.4 Å². The maximum absolute atomic E-state index is 12.0. The lowest BCUT2D eigenvalue weighted by atomic mass is 10.2. The molecule has 23 heavy (non-hydrogen) atoms. The van der Waals surface area contributed by atoms with Gasteiger partial charge in [-0.1, -0.05) is 11.6 Å². The molecular formula is C15H24Cl2N2O4. The quantitative estimate of drug-likeness (QED) is 0.621. The van der Waals surface area contributed by atoms with Crippen molar-refractivity contribution in [1.29, 1.82) is 0 Å². The second kappa shape index (κ2) is 12.4. The molecule has 0 bridgehead atoms. The molecule has 1 unspecified atom stereocenters. The summed E-state index contributed by atoms with van der Waals surface area (Å²) in [5, 5.41) is 3.28. The van der Waals surface area contributed by atoms with E-state index in [1.807, 2.05) is 6.92 Å². The summed E-state index contributed by atoms with van der Waals surface area (Å²) in [6.07, 6.45) is -0.153. The van der Waals surface area contributed by atoms with Gasteiger partial charge in [0.05, 0.1) is 24.8 Å². The third-order valence-electron chi connectivity index (χ3n) is 2.91. The summed E-state index contributed by atoms with van der Waals surface area (Å²) in [6.45, 7) is 3.69. The number of benzene rings is 1. The fraction of sp³-hybridized carbons (Fsp3) is 0.533. The number of rotatable bonds is 10. The zero-order chi connectivity index (χ0) is 16.4. The van der Waals surface area contributed by atoms with Crippen molar-refractivity contribution in [1.82, 2.24) is 0 Å².